The van der Waals surface area contributed by atoms with Gasteiger partial charge in [0.2, 0.25) is 0 Å². The summed E-state index contributed by atoms with van der Waals surface area (Å²) in [5, 5.41) is 4.56. The first kappa shape index (κ1) is 8.79. The molecule has 13 heavy (non-hydrogen) atoms. The molecule has 2 nitrogen and oxygen atoms in total. The van der Waals surface area contributed by atoms with Gasteiger partial charge in [-0.1, -0.05) is 13.8 Å². The van der Waals surface area contributed by atoms with Gasteiger partial charge in [-0.25, -0.2) is 0 Å². The zero-order valence-corrected chi connectivity index (χ0v) is 9.02. The third-order valence-electron chi connectivity index (χ3n) is 3.19. The Morgan fingerprint density at radius 2 is 2.15 bits per heavy atom. The summed E-state index contributed by atoms with van der Waals surface area (Å²) in [5.74, 6) is 0. The molecule has 0 unspecified atom stereocenters. The Bertz CT molecular complexity index is 334. The van der Waals surface area contributed by atoms with Crippen LogP contribution in [0.5, 0.6) is 0 Å². The molecule has 1 heterocycles. The van der Waals surface area contributed by atoms with Crippen molar-refractivity contribution in [3.8, 4) is 0 Å². The highest BCUT2D eigenvalue weighted by Gasteiger charge is 2.35. The second kappa shape index (κ2) is 2.60. The van der Waals surface area contributed by atoms with E-state index in [0.717, 1.165) is 6.54 Å². The molecule has 0 saturated heterocycles. The molecule has 0 atom stereocenters. The van der Waals surface area contributed by atoms with Gasteiger partial charge in [-0.15, -0.1) is 0 Å². The standard InChI is InChI=1S/C11H18N2/c1-5-13-10-9(8(2)12-13)6-7-11(10,3)4/h5-7H2,1-4H3. The number of nitrogens with zero attached hydrogens (tertiary/aromatic N) is 2. The van der Waals surface area contributed by atoms with Crippen LogP contribution in [0.4, 0.5) is 0 Å². The van der Waals surface area contributed by atoms with Gasteiger partial charge in [0.1, 0.15) is 0 Å². The summed E-state index contributed by atoms with van der Waals surface area (Å²) < 4.78 is 2.18. The third kappa shape index (κ3) is 1.11. The van der Waals surface area contributed by atoms with Crippen LogP contribution in [-0.2, 0) is 18.4 Å². The van der Waals surface area contributed by atoms with E-state index < -0.39 is 0 Å². The summed E-state index contributed by atoms with van der Waals surface area (Å²) in [6.45, 7) is 9.95. The Balaban J connectivity index is 2.60. The van der Waals surface area contributed by atoms with Crippen molar-refractivity contribution in [3.63, 3.8) is 0 Å². The third-order valence-corrected chi connectivity index (χ3v) is 3.19. The molecule has 0 fully saturated rings. The lowest BCUT2D eigenvalue weighted by Crippen LogP contribution is -2.18. The van der Waals surface area contributed by atoms with Gasteiger partial charge in [-0.3, -0.25) is 4.68 Å². The Morgan fingerprint density at radius 1 is 1.46 bits per heavy atom. The number of hydrogen-bond donors (Lipinski definition) is 0. The molecule has 1 aliphatic rings. The Kier molecular flexibility index (Phi) is 1.76. The smallest absolute Gasteiger partial charge is 0.0628 e. The van der Waals surface area contributed by atoms with E-state index in [9.17, 15) is 0 Å². The van der Waals surface area contributed by atoms with Crippen LogP contribution in [0, 0.1) is 6.92 Å². The highest BCUT2D eigenvalue weighted by atomic mass is 15.3. The molecule has 72 valence electrons. The lowest BCUT2D eigenvalue weighted by Gasteiger charge is -2.19. The van der Waals surface area contributed by atoms with Gasteiger partial charge in [0.25, 0.3) is 0 Å². The minimum atomic E-state index is 0.340. The van der Waals surface area contributed by atoms with Crippen molar-refractivity contribution in [2.45, 2.75) is 52.5 Å². The lowest BCUT2D eigenvalue weighted by molar-refractivity contribution is 0.459. The molecule has 1 aliphatic carbocycles. The fourth-order valence-electron chi connectivity index (χ4n) is 2.46. The fourth-order valence-corrected chi connectivity index (χ4v) is 2.46. The Morgan fingerprint density at radius 3 is 2.77 bits per heavy atom. The van der Waals surface area contributed by atoms with Crippen molar-refractivity contribution >= 4 is 0 Å². The second-order valence-corrected chi connectivity index (χ2v) is 4.61. The molecular weight excluding hydrogens is 160 g/mol. The number of aryl methyl sites for hydroxylation is 2. The quantitative estimate of drug-likeness (QED) is 0.646. The monoisotopic (exact) mass is 178 g/mol. The zero-order valence-electron chi connectivity index (χ0n) is 9.02. The van der Waals surface area contributed by atoms with Crippen molar-refractivity contribution in [1.29, 1.82) is 0 Å². The van der Waals surface area contributed by atoms with Crippen LogP contribution in [0.3, 0.4) is 0 Å². The summed E-state index contributed by atoms with van der Waals surface area (Å²) in [6.07, 6.45) is 2.50. The van der Waals surface area contributed by atoms with E-state index in [1.165, 1.54) is 29.8 Å². The minimum absolute atomic E-state index is 0.340. The number of aromatic nitrogens is 2. The molecule has 2 rings (SSSR count). The summed E-state index contributed by atoms with van der Waals surface area (Å²) in [6, 6.07) is 0. The highest BCUT2D eigenvalue weighted by molar-refractivity contribution is 5.36. The molecule has 0 aliphatic heterocycles. The predicted octanol–water partition coefficient (Wildman–Crippen LogP) is 2.44. The molecule has 0 N–H and O–H groups in total. The molecular formula is C11H18N2. The summed E-state index contributed by atoms with van der Waals surface area (Å²) in [7, 11) is 0. The first-order chi connectivity index (χ1) is 6.06. The number of hydrogen-bond acceptors (Lipinski definition) is 1. The van der Waals surface area contributed by atoms with Crippen LogP contribution >= 0.6 is 0 Å². The van der Waals surface area contributed by atoms with Crippen LogP contribution in [0.15, 0.2) is 0 Å². The fraction of sp³-hybridized carbons (Fsp3) is 0.727. The van der Waals surface area contributed by atoms with Gasteiger partial charge in [-0.2, -0.15) is 5.10 Å². The molecule has 1 aromatic rings. The van der Waals surface area contributed by atoms with Crippen LogP contribution in [-0.4, -0.2) is 9.78 Å². The largest absolute Gasteiger partial charge is 0.269 e. The molecule has 0 radical (unpaired) electrons. The van der Waals surface area contributed by atoms with Crippen molar-refractivity contribution < 1.29 is 0 Å². The number of fused-ring (bicyclic) bond motifs is 1. The van der Waals surface area contributed by atoms with Crippen LogP contribution in [0.25, 0.3) is 0 Å². The van der Waals surface area contributed by atoms with E-state index in [1.54, 1.807) is 0 Å². The molecule has 0 spiro atoms. The lowest BCUT2D eigenvalue weighted by atomic mass is 9.90. The van der Waals surface area contributed by atoms with Crippen molar-refractivity contribution in [2.24, 2.45) is 0 Å². The maximum Gasteiger partial charge on any atom is 0.0628 e. The number of rotatable bonds is 1. The molecule has 2 heteroatoms. The topological polar surface area (TPSA) is 17.8 Å². The molecule has 1 aromatic heterocycles. The van der Waals surface area contributed by atoms with E-state index in [-0.39, 0.29) is 0 Å². The van der Waals surface area contributed by atoms with E-state index in [4.69, 9.17) is 0 Å². The molecule has 0 amide bonds. The van der Waals surface area contributed by atoms with Gasteiger partial charge in [-0.05, 0) is 32.3 Å². The minimum Gasteiger partial charge on any atom is -0.269 e. The van der Waals surface area contributed by atoms with Gasteiger partial charge in [0, 0.05) is 17.7 Å². The van der Waals surface area contributed by atoms with Crippen molar-refractivity contribution in [2.75, 3.05) is 0 Å². The maximum absolute atomic E-state index is 4.56. The van der Waals surface area contributed by atoms with Crippen LogP contribution < -0.4 is 0 Å². The summed E-state index contributed by atoms with van der Waals surface area (Å²) in [5.41, 5.74) is 4.56. The summed E-state index contributed by atoms with van der Waals surface area (Å²) in [4.78, 5) is 0. The molecule has 0 bridgehead atoms. The Labute approximate surface area is 80.0 Å². The first-order valence-corrected chi connectivity index (χ1v) is 5.13. The second-order valence-electron chi connectivity index (χ2n) is 4.61. The van der Waals surface area contributed by atoms with Gasteiger partial charge >= 0.3 is 0 Å². The van der Waals surface area contributed by atoms with Gasteiger partial charge in [0.05, 0.1) is 5.69 Å². The summed E-state index contributed by atoms with van der Waals surface area (Å²) >= 11 is 0. The normalized spacial score (nSPS) is 19.1. The predicted molar refractivity (Wildman–Crippen MR) is 54.0 cm³/mol. The SMILES string of the molecule is CCn1nc(C)c2c1C(C)(C)CC2. The molecule has 0 aromatic carbocycles. The average molecular weight is 178 g/mol. The molecule has 0 saturated carbocycles. The average Bonchev–Trinajstić information content (AvgIpc) is 2.53. The van der Waals surface area contributed by atoms with E-state index in [2.05, 4.69) is 37.5 Å². The van der Waals surface area contributed by atoms with E-state index in [1.807, 2.05) is 0 Å². The maximum atomic E-state index is 4.56. The van der Waals surface area contributed by atoms with E-state index in [0.29, 0.717) is 5.41 Å². The highest BCUT2D eigenvalue weighted by Crippen LogP contribution is 2.39. The van der Waals surface area contributed by atoms with Gasteiger partial charge in [0.15, 0.2) is 0 Å². The Hall–Kier alpha value is -0.790. The van der Waals surface area contributed by atoms with Gasteiger partial charge < -0.3 is 0 Å². The van der Waals surface area contributed by atoms with Crippen molar-refractivity contribution in [1.82, 2.24) is 9.78 Å². The zero-order chi connectivity index (χ0) is 9.64. The van der Waals surface area contributed by atoms with Crippen molar-refractivity contribution in [3.05, 3.63) is 17.0 Å². The van der Waals surface area contributed by atoms with E-state index >= 15 is 0 Å². The van der Waals surface area contributed by atoms with Crippen LogP contribution in [0.2, 0.25) is 0 Å². The first-order valence-electron chi connectivity index (χ1n) is 5.13. The van der Waals surface area contributed by atoms with Crippen LogP contribution in [0.1, 0.15) is 44.1 Å².